The Kier molecular flexibility index (Phi) is 4.54. The molecule has 0 aromatic heterocycles. The number of nitrogens with one attached hydrogen (secondary N) is 1. The largest absolute Gasteiger partial charge is 0.330 e. The fraction of sp³-hybridized carbons (Fsp3) is 0.357. The number of halogens is 1. The van der Waals surface area contributed by atoms with Gasteiger partial charge in [0.05, 0.1) is 12.8 Å². The van der Waals surface area contributed by atoms with E-state index in [1.54, 1.807) is 6.92 Å². The van der Waals surface area contributed by atoms with Gasteiger partial charge in [-0.05, 0) is 24.6 Å². The van der Waals surface area contributed by atoms with Crippen LogP contribution in [0.2, 0.25) is 0 Å². The van der Waals surface area contributed by atoms with Gasteiger partial charge in [0.25, 0.3) is 0 Å². The first kappa shape index (κ1) is 14.7. The predicted molar refractivity (Wildman–Crippen MR) is 76.8 cm³/mol. The minimum atomic E-state index is -0.674. The quantitative estimate of drug-likeness (QED) is 0.840. The maximum Gasteiger partial charge on any atom is 0.249 e. The molecule has 0 radical (unpaired) electrons. The normalized spacial score (nSPS) is 18.0. The summed E-state index contributed by atoms with van der Waals surface area (Å²) in [6, 6.07) is 6.79. The lowest BCUT2D eigenvalue weighted by molar-refractivity contribution is -0.138. The van der Waals surface area contributed by atoms with Crippen molar-refractivity contribution >= 4 is 33.7 Å². The Balaban J connectivity index is 2.10. The summed E-state index contributed by atoms with van der Waals surface area (Å²) in [4.78, 5) is 36.7. The van der Waals surface area contributed by atoms with Gasteiger partial charge in [0.1, 0.15) is 6.04 Å². The maximum atomic E-state index is 12.3. The van der Waals surface area contributed by atoms with Crippen LogP contribution in [0.1, 0.15) is 18.9 Å². The van der Waals surface area contributed by atoms with Gasteiger partial charge in [-0.15, -0.1) is 0 Å². The van der Waals surface area contributed by atoms with Gasteiger partial charge >= 0.3 is 0 Å². The SMILES string of the molecule is CCN(C(=O)Cc1cccc(Br)c1)[C@@H]1CC(=O)NC1=O. The van der Waals surface area contributed by atoms with E-state index in [0.29, 0.717) is 6.54 Å². The lowest BCUT2D eigenvalue weighted by Gasteiger charge is -2.25. The monoisotopic (exact) mass is 338 g/mol. The van der Waals surface area contributed by atoms with Gasteiger partial charge in [0.2, 0.25) is 17.7 Å². The van der Waals surface area contributed by atoms with Gasteiger partial charge in [-0.1, -0.05) is 28.1 Å². The molecule has 0 saturated carbocycles. The first-order chi connectivity index (χ1) is 9.51. The predicted octanol–water partition coefficient (Wildman–Crippen LogP) is 1.26. The molecule has 1 aliphatic heterocycles. The molecule has 1 saturated heterocycles. The minimum Gasteiger partial charge on any atom is -0.330 e. The first-order valence-electron chi connectivity index (χ1n) is 6.39. The molecule has 1 heterocycles. The Labute approximate surface area is 125 Å². The second-order valence-electron chi connectivity index (χ2n) is 4.62. The van der Waals surface area contributed by atoms with E-state index in [1.807, 2.05) is 24.3 Å². The molecule has 106 valence electrons. The van der Waals surface area contributed by atoms with Crippen molar-refractivity contribution in [1.29, 1.82) is 0 Å². The summed E-state index contributed by atoms with van der Waals surface area (Å²) in [7, 11) is 0. The number of rotatable bonds is 4. The second-order valence-corrected chi connectivity index (χ2v) is 5.53. The van der Waals surface area contributed by atoms with Crippen LogP contribution in [0.5, 0.6) is 0 Å². The summed E-state index contributed by atoms with van der Waals surface area (Å²) in [5.41, 5.74) is 0.868. The fourth-order valence-electron chi connectivity index (χ4n) is 2.29. The van der Waals surface area contributed by atoms with E-state index in [1.165, 1.54) is 4.90 Å². The summed E-state index contributed by atoms with van der Waals surface area (Å²) in [6.45, 7) is 2.20. The van der Waals surface area contributed by atoms with Crippen LogP contribution in [0.25, 0.3) is 0 Å². The number of carbonyl (C=O) groups is 3. The van der Waals surface area contributed by atoms with Crippen molar-refractivity contribution in [3.05, 3.63) is 34.3 Å². The number of hydrogen-bond acceptors (Lipinski definition) is 3. The Morgan fingerprint density at radius 2 is 2.20 bits per heavy atom. The summed E-state index contributed by atoms with van der Waals surface area (Å²) < 4.78 is 0.902. The number of amides is 3. The molecule has 1 N–H and O–H groups in total. The second kappa shape index (κ2) is 6.17. The summed E-state index contributed by atoms with van der Waals surface area (Å²) in [6.07, 6.45) is 0.266. The molecular formula is C14H15BrN2O3. The number of likely N-dealkylation sites (N-methyl/N-ethyl adjacent to an activating group) is 1. The third kappa shape index (κ3) is 3.25. The van der Waals surface area contributed by atoms with Crippen LogP contribution < -0.4 is 5.32 Å². The molecule has 6 heteroatoms. The number of nitrogens with zero attached hydrogens (tertiary/aromatic N) is 1. The molecule has 1 aromatic carbocycles. The number of benzene rings is 1. The molecule has 0 spiro atoms. The van der Waals surface area contributed by atoms with E-state index < -0.39 is 6.04 Å². The zero-order chi connectivity index (χ0) is 14.7. The highest BCUT2D eigenvalue weighted by atomic mass is 79.9. The van der Waals surface area contributed by atoms with Crippen molar-refractivity contribution in [2.24, 2.45) is 0 Å². The molecule has 0 aliphatic carbocycles. The van der Waals surface area contributed by atoms with Crippen molar-refractivity contribution in [2.45, 2.75) is 25.8 Å². The van der Waals surface area contributed by atoms with Crippen molar-refractivity contribution in [2.75, 3.05) is 6.54 Å². The number of imide groups is 1. The van der Waals surface area contributed by atoms with Crippen LogP contribution in [-0.2, 0) is 20.8 Å². The summed E-state index contributed by atoms with van der Waals surface area (Å²) in [5.74, 6) is -0.867. The Bertz CT molecular complexity index is 559. The van der Waals surface area contributed by atoms with Gasteiger partial charge in [-0.25, -0.2) is 0 Å². The molecule has 3 amide bonds. The van der Waals surface area contributed by atoms with E-state index in [4.69, 9.17) is 0 Å². The standard InChI is InChI=1S/C14H15BrN2O3/c1-2-17(11-8-12(18)16-14(11)20)13(19)7-9-4-3-5-10(15)6-9/h3-6,11H,2,7-8H2,1H3,(H,16,18,20)/t11-/m1/s1. The molecule has 0 bridgehead atoms. The van der Waals surface area contributed by atoms with Crippen molar-refractivity contribution < 1.29 is 14.4 Å². The molecule has 1 aromatic rings. The van der Waals surface area contributed by atoms with Crippen molar-refractivity contribution in [3.63, 3.8) is 0 Å². The molecule has 2 rings (SSSR count). The minimum absolute atomic E-state index is 0.0525. The average Bonchev–Trinajstić information content (AvgIpc) is 2.69. The lowest BCUT2D eigenvalue weighted by atomic mass is 10.1. The highest BCUT2D eigenvalue weighted by Gasteiger charge is 2.36. The van der Waals surface area contributed by atoms with E-state index in [2.05, 4.69) is 21.2 Å². The van der Waals surface area contributed by atoms with Crippen LogP contribution in [0.3, 0.4) is 0 Å². The zero-order valence-corrected chi connectivity index (χ0v) is 12.6. The third-order valence-electron chi connectivity index (χ3n) is 3.23. The molecular weight excluding hydrogens is 324 g/mol. The van der Waals surface area contributed by atoms with Gasteiger partial charge in [-0.3, -0.25) is 19.7 Å². The number of carbonyl (C=O) groups excluding carboxylic acids is 3. The van der Waals surface area contributed by atoms with Gasteiger partial charge in [0, 0.05) is 11.0 Å². The van der Waals surface area contributed by atoms with Crippen LogP contribution in [-0.4, -0.2) is 35.2 Å². The van der Waals surface area contributed by atoms with Gasteiger partial charge < -0.3 is 4.90 Å². The van der Waals surface area contributed by atoms with Crippen LogP contribution in [0.15, 0.2) is 28.7 Å². The Hall–Kier alpha value is -1.69. The lowest BCUT2D eigenvalue weighted by Crippen LogP contribution is -2.45. The van der Waals surface area contributed by atoms with Gasteiger partial charge in [0.15, 0.2) is 0 Å². The molecule has 1 atom stereocenters. The van der Waals surface area contributed by atoms with E-state index in [9.17, 15) is 14.4 Å². The van der Waals surface area contributed by atoms with E-state index >= 15 is 0 Å². The third-order valence-corrected chi connectivity index (χ3v) is 3.72. The summed E-state index contributed by atoms with van der Waals surface area (Å²) in [5, 5.41) is 2.23. The molecule has 5 nitrogen and oxygen atoms in total. The number of hydrogen-bond donors (Lipinski definition) is 1. The maximum absolute atomic E-state index is 12.3. The Morgan fingerprint density at radius 3 is 2.75 bits per heavy atom. The fourth-order valence-corrected chi connectivity index (χ4v) is 2.73. The van der Waals surface area contributed by atoms with Gasteiger partial charge in [-0.2, -0.15) is 0 Å². The highest BCUT2D eigenvalue weighted by Crippen LogP contribution is 2.16. The van der Waals surface area contributed by atoms with Crippen LogP contribution >= 0.6 is 15.9 Å². The van der Waals surface area contributed by atoms with E-state index in [0.717, 1.165) is 10.0 Å². The van der Waals surface area contributed by atoms with Crippen molar-refractivity contribution in [1.82, 2.24) is 10.2 Å². The Morgan fingerprint density at radius 1 is 1.45 bits per heavy atom. The van der Waals surface area contributed by atoms with Crippen molar-refractivity contribution in [3.8, 4) is 0 Å². The average molecular weight is 339 g/mol. The smallest absolute Gasteiger partial charge is 0.249 e. The molecule has 20 heavy (non-hydrogen) atoms. The zero-order valence-electron chi connectivity index (χ0n) is 11.1. The first-order valence-corrected chi connectivity index (χ1v) is 7.18. The summed E-state index contributed by atoms with van der Waals surface area (Å²) >= 11 is 3.36. The molecule has 1 fully saturated rings. The van der Waals surface area contributed by atoms with Crippen LogP contribution in [0, 0.1) is 0 Å². The molecule has 1 aliphatic rings. The van der Waals surface area contributed by atoms with Crippen LogP contribution in [0.4, 0.5) is 0 Å². The molecule has 0 unspecified atom stereocenters. The van der Waals surface area contributed by atoms with E-state index in [-0.39, 0.29) is 30.6 Å². The highest BCUT2D eigenvalue weighted by molar-refractivity contribution is 9.10. The topological polar surface area (TPSA) is 66.5 Å².